The molecule has 0 spiro atoms. The minimum Gasteiger partial charge on any atom is -0.330 e. The number of rotatable bonds is 5. The predicted molar refractivity (Wildman–Crippen MR) is 64.2 cm³/mol. The van der Waals surface area contributed by atoms with Gasteiger partial charge in [0.25, 0.3) is 0 Å². The third kappa shape index (κ3) is 3.89. The van der Waals surface area contributed by atoms with Crippen molar-refractivity contribution in [3.8, 4) is 0 Å². The molecule has 0 aromatic carbocycles. The van der Waals surface area contributed by atoms with Gasteiger partial charge in [0, 0.05) is 28.4 Å². The smallest absolute Gasteiger partial charge is 0.0630 e. The summed E-state index contributed by atoms with van der Waals surface area (Å²) in [5, 5.41) is 0.685. The molecule has 0 aliphatic rings. The first-order valence-corrected chi connectivity index (χ1v) is 6.56. The fraction of sp³-hybridized carbons (Fsp3) is 0.500. The van der Waals surface area contributed by atoms with Gasteiger partial charge in [0.15, 0.2) is 0 Å². The lowest BCUT2D eigenvalue weighted by Crippen LogP contribution is -2.17. The van der Waals surface area contributed by atoms with Crippen molar-refractivity contribution in [1.82, 2.24) is 4.98 Å². The maximum atomic E-state index is 11.8. The van der Waals surface area contributed by atoms with Crippen molar-refractivity contribution >= 4 is 22.4 Å². The summed E-state index contributed by atoms with van der Waals surface area (Å²) in [6, 6.07) is 1.80. The highest BCUT2D eigenvalue weighted by Gasteiger charge is 2.12. The van der Waals surface area contributed by atoms with Gasteiger partial charge in [-0.05, 0) is 24.6 Å². The predicted octanol–water partition coefficient (Wildman–Crippen LogP) is 1.72. The van der Waals surface area contributed by atoms with Gasteiger partial charge in [-0.2, -0.15) is 0 Å². The molecule has 0 aliphatic carbocycles. The Morgan fingerprint density at radius 3 is 3.00 bits per heavy atom. The Bertz CT molecular complexity index is 346. The lowest BCUT2D eigenvalue weighted by atomic mass is 10.3. The van der Waals surface area contributed by atoms with E-state index in [9.17, 15) is 4.21 Å². The second kappa shape index (κ2) is 6.20. The summed E-state index contributed by atoms with van der Waals surface area (Å²) in [7, 11) is -0.918. The third-order valence-corrected chi connectivity index (χ3v) is 4.25. The topological polar surface area (TPSA) is 56.0 Å². The molecule has 2 atom stereocenters. The highest BCUT2D eigenvalue weighted by molar-refractivity contribution is 7.84. The molecule has 0 fully saturated rings. The van der Waals surface area contributed by atoms with Crippen molar-refractivity contribution in [2.45, 2.75) is 24.3 Å². The molecule has 15 heavy (non-hydrogen) atoms. The first-order chi connectivity index (χ1) is 7.15. The van der Waals surface area contributed by atoms with Crippen LogP contribution in [0.3, 0.4) is 0 Å². The first-order valence-electron chi connectivity index (χ1n) is 4.80. The molecule has 0 radical (unpaired) electrons. The van der Waals surface area contributed by atoms with Gasteiger partial charge in [0.05, 0.1) is 10.8 Å². The van der Waals surface area contributed by atoms with Gasteiger partial charge < -0.3 is 5.73 Å². The van der Waals surface area contributed by atoms with E-state index in [4.69, 9.17) is 17.3 Å². The van der Waals surface area contributed by atoms with Crippen LogP contribution in [0.4, 0.5) is 0 Å². The van der Waals surface area contributed by atoms with Gasteiger partial charge in [0.1, 0.15) is 0 Å². The molecule has 2 N–H and O–H groups in total. The molecule has 1 aromatic rings. The van der Waals surface area contributed by atoms with Gasteiger partial charge in [-0.3, -0.25) is 9.19 Å². The van der Waals surface area contributed by atoms with Crippen molar-refractivity contribution in [2.24, 2.45) is 5.73 Å². The molecule has 1 rings (SSSR count). The highest BCUT2D eigenvalue weighted by atomic mass is 35.5. The summed E-state index contributed by atoms with van der Waals surface area (Å²) in [4.78, 5) is 3.88. The van der Waals surface area contributed by atoms with Gasteiger partial charge in [-0.1, -0.05) is 18.5 Å². The van der Waals surface area contributed by atoms with E-state index in [2.05, 4.69) is 4.98 Å². The molecule has 3 nitrogen and oxygen atoms in total. The Labute approximate surface area is 97.5 Å². The van der Waals surface area contributed by atoms with Crippen LogP contribution in [0.25, 0.3) is 0 Å². The number of nitrogens with two attached hydrogens (primary N) is 1. The van der Waals surface area contributed by atoms with Crippen LogP contribution in [0.1, 0.15) is 18.9 Å². The Balaban J connectivity index is 2.62. The summed E-state index contributed by atoms with van der Waals surface area (Å²) in [5.41, 5.74) is 6.30. The Kier molecular flexibility index (Phi) is 5.22. The molecule has 0 aliphatic heterocycles. The van der Waals surface area contributed by atoms with Gasteiger partial charge in [-0.25, -0.2) is 0 Å². The standard InChI is InChI=1S/C10H15ClN2OS/c1-8(2-4-12)15(14)7-9-3-5-13-6-10(9)11/h3,5-6,8H,2,4,7,12H2,1H3. The molecular formula is C10H15ClN2OS. The van der Waals surface area contributed by atoms with Crippen LogP contribution in [0.15, 0.2) is 18.5 Å². The van der Waals surface area contributed by atoms with E-state index in [0.29, 0.717) is 17.3 Å². The quantitative estimate of drug-likeness (QED) is 0.861. The maximum absolute atomic E-state index is 11.8. The second-order valence-corrected chi connectivity index (χ2v) is 5.64. The molecule has 84 valence electrons. The van der Waals surface area contributed by atoms with Crippen LogP contribution < -0.4 is 5.73 Å². The van der Waals surface area contributed by atoms with Crippen LogP contribution in [0, 0.1) is 0 Å². The largest absolute Gasteiger partial charge is 0.330 e. The summed E-state index contributed by atoms with van der Waals surface area (Å²) < 4.78 is 11.8. The number of nitrogens with zero attached hydrogens (tertiary/aromatic N) is 1. The Hall–Kier alpha value is -0.450. The SMILES string of the molecule is CC(CCN)S(=O)Cc1ccncc1Cl. The molecule has 1 heterocycles. The van der Waals surface area contributed by atoms with Crippen molar-refractivity contribution in [3.63, 3.8) is 0 Å². The zero-order valence-electron chi connectivity index (χ0n) is 8.65. The third-order valence-electron chi connectivity index (χ3n) is 2.18. The highest BCUT2D eigenvalue weighted by Crippen LogP contribution is 2.17. The normalized spacial score (nSPS) is 14.9. The van der Waals surface area contributed by atoms with E-state index in [1.54, 1.807) is 18.5 Å². The number of hydrogen-bond acceptors (Lipinski definition) is 3. The fourth-order valence-electron chi connectivity index (χ4n) is 1.18. The lowest BCUT2D eigenvalue weighted by Gasteiger charge is -2.10. The van der Waals surface area contributed by atoms with Crippen molar-refractivity contribution < 1.29 is 4.21 Å². The van der Waals surface area contributed by atoms with Gasteiger partial charge in [-0.15, -0.1) is 0 Å². The van der Waals surface area contributed by atoms with Crippen LogP contribution >= 0.6 is 11.6 Å². The number of halogens is 1. The molecule has 2 unspecified atom stereocenters. The molecule has 1 aromatic heterocycles. The van der Waals surface area contributed by atoms with E-state index in [1.807, 2.05) is 6.92 Å². The Morgan fingerprint density at radius 1 is 1.67 bits per heavy atom. The van der Waals surface area contributed by atoms with E-state index >= 15 is 0 Å². The van der Waals surface area contributed by atoms with E-state index in [-0.39, 0.29) is 5.25 Å². The van der Waals surface area contributed by atoms with Crippen molar-refractivity contribution in [3.05, 3.63) is 29.0 Å². The average molecular weight is 247 g/mol. The fourth-order valence-corrected chi connectivity index (χ4v) is 2.69. The zero-order valence-corrected chi connectivity index (χ0v) is 10.2. The zero-order chi connectivity index (χ0) is 11.3. The average Bonchev–Trinajstić information content (AvgIpc) is 2.21. The summed E-state index contributed by atoms with van der Waals surface area (Å²) in [5.74, 6) is 0.475. The maximum Gasteiger partial charge on any atom is 0.0630 e. The minimum atomic E-state index is -0.918. The molecule has 0 saturated heterocycles. The molecule has 5 heteroatoms. The van der Waals surface area contributed by atoms with Crippen molar-refractivity contribution in [1.29, 1.82) is 0 Å². The summed E-state index contributed by atoms with van der Waals surface area (Å²) >= 11 is 5.93. The Morgan fingerprint density at radius 2 is 2.40 bits per heavy atom. The van der Waals surface area contributed by atoms with E-state index < -0.39 is 10.8 Å². The van der Waals surface area contributed by atoms with Gasteiger partial charge in [0.2, 0.25) is 0 Å². The number of aromatic nitrogens is 1. The monoisotopic (exact) mass is 246 g/mol. The molecule has 0 bridgehead atoms. The molecule has 0 saturated carbocycles. The minimum absolute atomic E-state index is 0.110. The summed E-state index contributed by atoms with van der Waals surface area (Å²) in [6.45, 7) is 2.51. The van der Waals surface area contributed by atoms with Crippen LogP contribution in [-0.2, 0) is 16.6 Å². The van der Waals surface area contributed by atoms with Crippen LogP contribution in [0.2, 0.25) is 5.02 Å². The second-order valence-electron chi connectivity index (χ2n) is 3.38. The van der Waals surface area contributed by atoms with E-state index in [0.717, 1.165) is 12.0 Å². The van der Waals surface area contributed by atoms with Gasteiger partial charge >= 0.3 is 0 Å². The van der Waals surface area contributed by atoms with Crippen molar-refractivity contribution in [2.75, 3.05) is 6.54 Å². The first kappa shape index (κ1) is 12.6. The number of pyridine rings is 1. The number of hydrogen-bond donors (Lipinski definition) is 1. The van der Waals surface area contributed by atoms with Crippen LogP contribution in [-0.4, -0.2) is 21.0 Å². The summed E-state index contributed by atoms with van der Waals surface area (Å²) in [6.07, 6.45) is 4.00. The lowest BCUT2D eigenvalue weighted by molar-refractivity contribution is 0.665. The molecule has 0 amide bonds. The van der Waals surface area contributed by atoms with E-state index in [1.165, 1.54) is 0 Å². The van der Waals surface area contributed by atoms with Crippen LogP contribution in [0.5, 0.6) is 0 Å². The molecular weight excluding hydrogens is 232 g/mol.